The zero-order valence-corrected chi connectivity index (χ0v) is 12.6. The van der Waals surface area contributed by atoms with Gasteiger partial charge in [-0.3, -0.25) is 0 Å². The van der Waals surface area contributed by atoms with Crippen molar-refractivity contribution in [3.63, 3.8) is 0 Å². The molecule has 0 spiro atoms. The molecule has 0 atom stereocenters. The third-order valence-corrected chi connectivity index (χ3v) is 3.05. The highest BCUT2D eigenvalue weighted by atomic mass is 35.5. The lowest BCUT2D eigenvalue weighted by atomic mass is 10.1. The van der Waals surface area contributed by atoms with E-state index in [0.717, 1.165) is 34.3 Å². The number of aryl methyl sites for hydroxylation is 1. The predicted molar refractivity (Wildman–Crippen MR) is 80.4 cm³/mol. The van der Waals surface area contributed by atoms with Crippen molar-refractivity contribution in [2.24, 2.45) is 0 Å². The van der Waals surface area contributed by atoms with E-state index in [2.05, 4.69) is 36.1 Å². The molecule has 0 fully saturated rings. The topological polar surface area (TPSA) is 40.7 Å². The van der Waals surface area contributed by atoms with Gasteiger partial charge in [0.2, 0.25) is 0 Å². The van der Waals surface area contributed by atoms with E-state index in [0.29, 0.717) is 0 Å². The maximum absolute atomic E-state index is 6.02. The van der Waals surface area contributed by atoms with E-state index < -0.39 is 0 Å². The Morgan fingerprint density at radius 3 is 2.68 bits per heavy atom. The molecule has 1 heterocycles. The molecule has 2 rings (SSSR count). The van der Waals surface area contributed by atoms with E-state index in [1.807, 2.05) is 31.2 Å². The number of H-pyrrole nitrogens is 1. The Labute approximate surface area is 119 Å². The van der Waals surface area contributed by atoms with E-state index in [4.69, 9.17) is 11.6 Å². The number of halogens is 1. The number of hydrogen-bond acceptors (Lipinski definition) is 2. The van der Waals surface area contributed by atoms with Gasteiger partial charge in [-0.05, 0) is 39.8 Å². The Kier molecular flexibility index (Phi) is 3.97. The molecule has 19 heavy (non-hydrogen) atoms. The van der Waals surface area contributed by atoms with Gasteiger partial charge in [0.05, 0.1) is 12.2 Å². The van der Waals surface area contributed by atoms with Gasteiger partial charge in [-0.2, -0.15) is 0 Å². The first-order valence-corrected chi connectivity index (χ1v) is 6.79. The Morgan fingerprint density at radius 2 is 2.05 bits per heavy atom. The predicted octanol–water partition coefficient (Wildman–Crippen LogP) is 3.93. The van der Waals surface area contributed by atoms with Crippen LogP contribution in [0.5, 0.6) is 0 Å². The maximum Gasteiger partial charge on any atom is 0.121 e. The normalized spacial score (nSPS) is 11.8. The van der Waals surface area contributed by atoms with Crippen LogP contribution in [0.15, 0.2) is 24.3 Å². The third kappa shape index (κ3) is 3.82. The number of hydrogen-bond donors (Lipinski definition) is 2. The molecule has 0 amide bonds. The van der Waals surface area contributed by atoms with Crippen molar-refractivity contribution in [3.05, 3.63) is 40.8 Å². The van der Waals surface area contributed by atoms with Crippen molar-refractivity contribution in [2.75, 3.05) is 0 Å². The zero-order chi connectivity index (χ0) is 14.0. The summed E-state index contributed by atoms with van der Waals surface area (Å²) in [6, 6.07) is 7.77. The summed E-state index contributed by atoms with van der Waals surface area (Å²) < 4.78 is 0. The lowest BCUT2D eigenvalue weighted by molar-refractivity contribution is 0.418. The average molecular weight is 278 g/mol. The second-order valence-electron chi connectivity index (χ2n) is 5.77. The van der Waals surface area contributed by atoms with Crippen molar-refractivity contribution in [2.45, 2.75) is 39.8 Å². The second-order valence-corrected chi connectivity index (χ2v) is 6.21. The zero-order valence-electron chi connectivity index (χ0n) is 11.8. The van der Waals surface area contributed by atoms with Crippen LogP contribution in [0.2, 0.25) is 5.02 Å². The van der Waals surface area contributed by atoms with Crippen molar-refractivity contribution < 1.29 is 0 Å². The molecule has 3 nitrogen and oxygen atoms in total. The molecule has 2 aromatic rings. The van der Waals surface area contributed by atoms with Crippen molar-refractivity contribution in [3.8, 4) is 11.3 Å². The number of rotatable bonds is 3. The average Bonchev–Trinajstić information content (AvgIpc) is 2.67. The van der Waals surface area contributed by atoms with Gasteiger partial charge in [-0.25, -0.2) is 4.98 Å². The molecule has 0 aliphatic heterocycles. The molecular weight excluding hydrogens is 258 g/mol. The van der Waals surface area contributed by atoms with Gasteiger partial charge in [0, 0.05) is 21.8 Å². The first kappa shape index (κ1) is 14.1. The first-order valence-electron chi connectivity index (χ1n) is 6.41. The number of benzene rings is 1. The molecule has 0 radical (unpaired) electrons. The van der Waals surface area contributed by atoms with E-state index in [1.54, 1.807) is 0 Å². The third-order valence-electron chi connectivity index (χ3n) is 2.82. The molecular formula is C15H20ClN3. The number of aromatic nitrogens is 2. The Bertz CT molecular complexity index is 567. The van der Waals surface area contributed by atoms with Gasteiger partial charge in [-0.15, -0.1) is 0 Å². The molecule has 0 saturated heterocycles. The van der Waals surface area contributed by atoms with Crippen LogP contribution in [-0.4, -0.2) is 15.5 Å². The standard InChI is InChI=1S/C15H20ClN3/c1-10-14(11-6-5-7-12(16)8-11)19-13(18-10)9-17-15(2,3)4/h5-8,17H,9H2,1-4H3,(H,18,19). The highest BCUT2D eigenvalue weighted by Gasteiger charge is 2.12. The fourth-order valence-corrected chi connectivity index (χ4v) is 2.06. The second kappa shape index (κ2) is 5.35. The minimum atomic E-state index is 0.0803. The number of imidazole rings is 1. The first-order chi connectivity index (χ1) is 8.85. The highest BCUT2D eigenvalue weighted by Crippen LogP contribution is 2.24. The van der Waals surface area contributed by atoms with Crippen LogP contribution in [0, 0.1) is 6.92 Å². The molecule has 1 aromatic heterocycles. The number of aromatic amines is 1. The Morgan fingerprint density at radius 1 is 1.32 bits per heavy atom. The summed E-state index contributed by atoms with van der Waals surface area (Å²) >= 11 is 6.02. The van der Waals surface area contributed by atoms with Crippen LogP contribution in [0.25, 0.3) is 11.3 Å². The van der Waals surface area contributed by atoms with E-state index in [9.17, 15) is 0 Å². The molecule has 0 saturated carbocycles. The minimum Gasteiger partial charge on any atom is -0.344 e. The van der Waals surface area contributed by atoms with Crippen LogP contribution < -0.4 is 5.32 Å². The molecule has 1 aromatic carbocycles. The van der Waals surface area contributed by atoms with Crippen molar-refractivity contribution in [1.82, 2.24) is 15.3 Å². The Balaban J connectivity index is 2.22. The molecule has 0 aliphatic rings. The Hall–Kier alpha value is -1.32. The number of nitrogens with one attached hydrogen (secondary N) is 2. The van der Waals surface area contributed by atoms with E-state index in [1.165, 1.54) is 0 Å². The lowest BCUT2D eigenvalue weighted by Crippen LogP contribution is -2.35. The van der Waals surface area contributed by atoms with Crippen LogP contribution in [-0.2, 0) is 6.54 Å². The summed E-state index contributed by atoms with van der Waals surface area (Å²) in [5, 5.41) is 4.15. The van der Waals surface area contributed by atoms with Crippen molar-refractivity contribution in [1.29, 1.82) is 0 Å². The lowest BCUT2D eigenvalue weighted by Gasteiger charge is -2.19. The van der Waals surface area contributed by atoms with Gasteiger partial charge >= 0.3 is 0 Å². The quantitative estimate of drug-likeness (QED) is 0.892. The van der Waals surface area contributed by atoms with Crippen molar-refractivity contribution >= 4 is 11.6 Å². The van der Waals surface area contributed by atoms with Crippen LogP contribution in [0.1, 0.15) is 32.3 Å². The summed E-state index contributed by atoms with van der Waals surface area (Å²) in [5.41, 5.74) is 3.15. The van der Waals surface area contributed by atoms with Gasteiger partial charge in [0.1, 0.15) is 5.82 Å². The minimum absolute atomic E-state index is 0.0803. The molecule has 2 N–H and O–H groups in total. The fraction of sp³-hybridized carbons (Fsp3) is 0.400. The van der Waals surface area contributed by atoms with Gasteiger partial charge in [0.25, 0.3) is 0 Å². The van der Waals surface area contributed by atoms with Gasteiger partial charge < -0.3 is 10.3 Å². The molecule has 0 unspecified atom stereocenters. The maximum atomic E-state index is 6.02. The van der Waals surface area contributed by atoms with E-state index in [-0.39, 0.29) is 5.54 Å². The monoisotopic (exact) mass is 277 g/mol. The highest BCUT2D eigenvalue weighted by molar-refractivity contribution is 6.30. The summed E-state index contributed by atoms with van der Waals surface area (Å²) in [7, 11) is 0. The SMILES string of the molecule is Cc1[nH]c(CNC(C)(C)C)nc1-c1cccc(Cl)c1. The summed E-state index contributed by atoms with van der Waals surface area (Å²) in [5.74, 6) is 0.947. The summed E-state index contributed by atoms with van der Waals surface area (Å²) in [6.07, 6.45) is 0. The summed E-state index contributed by atoms with van der Waals surface area (Å²) in [4.78, 5) is 7.97. The van der Waals surface area contributed by atoms with Gasteiger partial charge in [0.15, 0.2) is 0 Å². The van der Waals surface area contributed by atoms with Crippen LogP contribution >= 0.6 is 11.6 Å². The van der Waals surface area contributed by atoms with Crippen LogP contribution in [0.3, 0.4) is 0 Å². The largest absolute Gasteiger partial charge is 0.344 e. The molecule has 4 heteroatoms. The molecule has 0 aliphatic carbocycles. The van der Waals surface area contributed by atoms with Crippen LogP contribution in [0.4, 0.5) is 0 Å². The smallest absolute Gasteiger partial charge is 0.121 e. The number of nitrogens with zero attached hydrogens (tertiary/aromatic N) is 1. The fourth-order valence-electron chi connectivity index (χ4n) is 1.87. The van der Waals surface area contributed by atoms with Gasteiger partial charge in [-0.1, -0.05) is 23.7 Å². The summed E-state index contributed by atoms with van der Waals surface area (Å²) in [6.45, 7) is 9.18. The van der Waals surface area contributed by atoms with E-state index >= 15 is 0 Å². The molecule has 0 bridgehead atoms. The molecule has 102 valence electrons.